The molecule has 2 rings (SSSR count). The highest BCUT2D eigenvalue weighted by Crippen LogP contribution is 2.30. The van der Waals surface area contributed by atoms with Gasteiger partial charge >= 0.3 is 0 Å². The Kier molecular flexibility index (Phi) is 5.62. The molecule has 0 amide bonds. The molecule has 0 bridgehead atoms. The first-order valence-electron chi connectivity index (χ1n) is 8.11. The predicted molar refractivity (Wildman–Crippen MR) is 86.9 cm³/mol. The van der Waals surface area contributed by atoms with Crippen LogP contribution in [0.2, 0.25) is 0 Å². The predicted octanol–water partition coefficient (Wildman–Crippen LogP) is 3.85. The van der Waals surface area contributed by atoms with Crippen molar-refractivity contribution in [2.45, 2.75) is 46.1 Å². The third-order valence-corrected chi connectivity index (χ3v) is 4.49. The number of benzene rings is 1. The lowest BCUT2D eigenvalue weighted by Gasteiger charge is -2.38. The van der Waals surface area contributed by atoms with Crippen LogP contribution < -0.4 is 5.32 Å². The number of piperidine rings is 1. The van der Waals surface area contributed by atoms with E-state index in [0.29, 0.717) is 11.5 Å². The summed E-state index contributed by atoms with van der Waals surface area (Å²) in [6.07, 6.45) is 3.83. The lowest BCUT2D eigenvalue weighted by atomic mass is 9.82. The molecule has 0 aliphatic carbocycles. The fourth-order valence-corrected chi connectivity index (χ4v) is 2.89. The molecule has 1 N–H and O–H groups in total. The Balaban J connectivity index is 1.94. The molecule has 2 nitrogen and oxygen atoms in total. The van der Waals surface area contributed by atoms with Gasteiger partial charge < -0.3 is 10.2 Å². The van der Waals surface area contributed by atoms with Crippen LogP contribution in [0.25, 0.3) is 0 Å². The van der Waals surface area contributed by atoms with E-state index in [0.717, 1.165) is 13.1 Å². The van der Waals surface area contributed by atoms with Gasteiger partial charge in [0.2, 0.25) is 0 Å². The molecule has 1 saturated heterocycles. The lowest BCUT2D eigenvalue weighted by Crippen LogP contribution is -2.42. The molecule has 1 aromatic rings. The Morgan fingerprint density at radius 3 is 2.40 bits per heavy atom. The first kappa shape index (κ1) is 15.5. The zero-order valence-corrected chi connectivity index (χ0v) is 13.4. The van der Waals surface area contributed by atoms with Crippen molar-refractivity contribution in [2.75, 3.05) is 26.2 Å². The van der Waals surface area contributed by atoms with E-state index in [2.05, 4.69) is 61.3 Å². The average molecular weight is 274 g/mol. The van der Waals surface area contributed by atoms with E-state index in [1.807, 2.05) is 0 Å². The second kappa shape index (κ2) is 7.24. The smallest absolute Gasteiger partial charge is 0.0449 e. The van der Waals surface area contributed by atoms with Crippen molar-refractivity contribution >= 4 is 0 Å². The molecule has 0 saturated carbocycles. The van der Waals surface area contributed by atoms with Gasteiger partial charge in [0.25, 0.3) is 0 Å². The first-order valence-corrected chi connectivity index (χ1v) is 8.11. The van der Waals surface area contributed by atoms with Crippen molar-refractivity contribution in [3.8, 4) is 0 Å². The zero-order valence-electron chi connectivity index (χ0n) is 13.4. The van der Waals surface area contributed by atoms with Crippen LogP contribution in [0, 0.1) is 5.41 Å². The van der Waals surface area contributed by atoms with E-state index < -0.39 is 0 Å². The van der Waals surface area contributed by atoms with Gasteiger partial charge in [-0.3, -0.25) is 0 Å². The standard InChI is InChI=1S/C18H30N2/c1-4-12-19-17(16-8-6-5-7-9-16)15-20-13-10-18(2,3)11-14-20/h5-9,17,19H,4,10-15H2,1-3H3. The molecule has 0 aromatic heterocycles. The summed E-state index contributed by atoms with van der Waals surface area (Å²) in [5.41, 5.74) is 1.96. The van der Waals surface area contributed by atoms with Gasteiger partial charge in [0.15, 0.2) is 0 Å². The summed E-state index contributed by atoms with van der Waals surface area (Å²) in [6.45, 7) is 11.7. The minimum Gasteiger partial charge on any atom is -0.309 e. The van der Waals surface area contributed by atoms with Crippen LogP contribution in [-0.4, -0.2) is 31.1 Å². The monoisotopic (exact) mass is 274 g/mol. The number of hydrogen-bond donors (Lipinski definition) is 1. The second-order valence-corrected chi connectivity index (χ2v) is 6.88. The molecular formula is C18H30N2. The molecule has 1 fully saturated rings. The van der Waals surface area contributed by atoms with E-state index in [9.17, 15) is 0 Å². The van der Waals surface area contributed by atoms with Crippen molar-refractivity contribution in [2.24, 2.45) is 5.41 Å². The summed E-state index contributed by atoms with van der Waals surface area (Å²) in [6, 6.07) is 11.4. The average Bonchev–Trinajstić information content (AvgIpc) is 2.46. The van der Waals surface area contributed by atoms with E-state index in [1.165, 1.54) is 37.9 Å². The molecule has 0 spiro atoms. The normalized spacial score (nSPS) is 20.8. The number of hydrogen-bond acceptors (Lipinski definition) is 2. The summed E-state index contributed by atoms with van der Waals surface area (Å²) in [4.78, 5) is 2.63. The third-order valence-electron chi connectivity index (χ3n) is 4.49. The maximum Gasteiger partial charge on any atom is 0.0449 e. The number of nitrogens with zero attached hydrogens (tertiary/aromatic N) is 1. The zero-order chi connectivity index (χ0) is 14.4. The molecule has 112 valence electrons. The minimum atomic E-state index is 0.470. The highest BCUT2D eigenvalue weighted by molar-refractivity contribution is 5.19. The van der Waals surface area contributed by atoms with E-state index in [1.54, 1.807) is 0 Å². The van der Waals surface area contributed by atoms with Gasteiger partial charge in [0.1, 0.15) is 0 Å². The minimum absolute atomic E-state index is 0.470. The molecule has 20 heavy (non-hydrogen) atoms. The molecular weight excluding hydrogens is 244 g/mol. The molecule has 1 aliphatic rings. The van der Waals surface area contributed by atoms with Gasteiger partial charge in [0.05, 0.1) is 0 Å². The number of nitrogens with one attached hydrogen (secondary N) is 1. The van der Waals surface area contributed by atoms with Gasteiger partial charge in [-0.05, 0) is 49.9 Å². The SMILES string of the molecule is CCCNC(CN1CCC(C)(C)CC1)c1ccccc1. The van der Waals surface area contributed by atoms with Gasteiger partial charge in [-0.15, -0.1) is 0 Å². The summed E-state index contributed by atoms with van der Waals surface area (Å²) in [5, 5.41) is 3.71. The Morgan fingerprint density at radius 1 is 1.15 bits per heavy atom. The van der Waals surface area contributed by atoms with Gasteiger partial charge in [-0.25, -0.2) is 0 Å². The van der Waals surface area contributed by atoms with Crippen molar-refractivity contribution in [3.05, 3.63) is 35.9 Å². The summed E-state index contributed by atoms with van der Waals surface area (Å²) >= 11 is 0. The molecule has 0 radical (unpaired) electrons. The Labute approximate surface area is 124 Å². The van der Waals surface area contributed by atoms with Gasteiger partial charge in [0, 0.05) is 12.6 Å². The van der Waals surface area contributed by atoms with Crippen LogP contribution in [0.1, 0.15) is 51.6 Å². The summed E-state index contributed by atoms with van der Waals surface area (Å²) in [5.74, 6) is 0. The van der Waals surface area contributed by atoms with Crippen LogP contribution >= 0.6 is 0 Å². The first-order chi connectivity index (χ1) is 9.61. The van der Waals surface area contributed by atoms with Crippen molar-refractivity contribution < 1.29 is 0 Å². The highest BCUT2D eigenvalue weighted by atomic mass is 15.2. The molecule has 1 atom stereocenters. The third kappa shape index (κ3) is 4.60. The number of rotatable bonds is 6. The van der Waals surface area contributed by atoms with Crippen molar-refractivity contribution in [1.82, 2.24) is 10.2 Å². The lowest BCUT2D eigenvalue weighted by molar-refractivity contribution is 0.122. The van der Waals surface area contributed by atoms with Gasteiger partial charge in [-0.1, -0.05) is 51.1 Å². The van der Waals surface area contributed by atoms with Crippen LogP contribution in [0.5, 0.6) is 0 Å². The Bertz CT molecular complexity index is 376. The largest absolute Gasteiger partial charge is 0.309 e. The maximum atomic E-state index is 3.71. The maximum absolute atomic E-state index is 3.71. The molecule has 1 aromatic carbocycles. The van der Waals surface area contributed by atoms with Crippen LogP contribution in [0.4, 0.5) is 0 Å². The van der Waals surface area contributed by atoms with Crippen LogP contribution in [0.15, 0.2) is 30.3 Å². The quantitative estimate of drug-likeness (QED) is 0.847. The second-order valence-electron chi connectivity index (χ2n) is 6.88. The van der Waals surface area contributed by atoms with Crippen LogP contribution in [0.3, 0.4) is 0 Å². The number of likely N-dealkylation sites (tertiary alicyclic amines) is 1. The topological polar surface area (TPSA) is 15.3 Å². The van der Waals surface area contributed by atoms with E-state index in [4.69, 9.17) is 0 Å². The van der Waals surface area contributed by atoms with Gasteiger partial charge in [-0.2, -0.15) is 0 Å². The van der Waals surface area contributed by atoms with E-state index in [-0.39, 0.29) is 0 Å². The fraction of sp³-hybridized carbons (Fsp3) is 0.667. The molecule has 1 unspecified atom stereocenters. The summed E-state index contributed by atoms with van der Waals surface area (Å²) < 4.78 is 0. The highest BCUT2D eigenvalue weighted by Gasteiger charge is 2.26. The Morgan fingerprint density at radius 2 is 1.80 bits per heavy atom. The van der Waals surface area contributed by atoms with Crippen LogP contribution in [-0.2, 0) is 0 Å². The fourth-order valence-electron chi connectivity index (χ4n) is 2.89. The van der Waals surface area contributed by atoms with E-state index >= 15 is 0 Å². The molecule has 2 heteroatoms. The molecule has 1 heterocycles. The van der Waals surface area contributed by atoms with Crippen molar-refractivity contribution in [3.63, 3.8) is 0 Å². The molecule has 1 aliphatic heterocycles. The summed E-state index contributed by atoms with van der Waals surface area (Å²) in [7, 11) is 0. The van der Waals surface area contributed by atoms with Crippen molar-refractivity contribution in [1.29, 1.82) is 0 Å². The Hall–Kier alpha value is -0.860.